The lowest BCUT2D eigenvalue weighted by molar-refractivity contribution is -0.148. The van der Waals surface area contributed by atoms with Crippen molar-refractivity contribution in [3.05, 3.63) is 29.3 Å². The maximum absolute atomic E-state index is 12.7. The van der Waals surface area contributed by atoms with E-state index in [1.165, 1.54) is 19.1 Å². The van der Waals surface area contributed by atoms with Crippen molar-refractivity contribution in [3.8, 4) is 11.8 Å². The van der Waals surface area contributed by atoms with Crippen LogP contribution in [0.4, 0.5) is 17.6 Å². The normalized spacial score (nSPS) is 11.2. The number of ketones is 1. The van der Waals surface area contributed by atoms with E-state index in [1.807, 2.05) is 0 Å². The van der Waals surface area contributed by atoms with Crippen molar-refractivity contribution in [1.82, 2.24) is 0 Å². The van der Waals surface area contributed by atoms with Gasteiger partial charge in [0.2, 0.25) is 0 Å². The molecule has 19 heavy (non-hydrogen) atoms. The Bertz CT molecular complexity index is 523. The van der Waals surface area contributed by atoms with E-state index in [-0.39, 0.29) is 16.9 Å². The van der Waals surface area contributed by atoms with Crippen LogP contribution < -0.4 is 4.74 Å². The summed E-state index contributed by atoms with van der Waals surface area (Å²) in [6, 6.07) is 5.30. The van der Waals surface area contributed by atoms with Gasteiger partial charge in [-0.25, -0.2) is 8.78 Å². The van der Waals surface area contributed by atoms with Gasteiger partial charge in [0.15, 0.2) is 12.4 Å². The number of carbonyl (C=O) groups is 1. The quantitative estimate of drug-likeness (QED) is 0.613. The maximum Gasteiger partial charge on any atom is 0.340 e. The molecule has 0 aliphatic rings. The summed E-state index contributed by atoms with van der Waals surface area (Å²) in [5, 5.41) is 8.65. The Morgan fingerprint density at radius 2 is 2.11 bits per heavy atom. The standard InChI is InChI=1S/C12H9F4NO2/c1-7(18)9-3-2-8(5-17)4-10(9)19-6-12(15,16)11(13)14/h2-4,11H,6H2,1H3. The highest BCUT2D eigenvalue weighted by Gasteiger charge is 2.41. The summed E-state index contributed by atoms with van der Waals surface area (Å²) in [7, 11) is 0. The van der Waals surface area contributed by atoms with Gasteiger partial charge in [-0.3, -0.25) is 4.79 Å². The molecule has 0 atom stereocenters. The first-order valence-electron chi connectivity index (χ1n) is 5.12. The Morgan fingerprint density at radius 3 is 2.58 bits per heavy atom. The third-order valence-electron chi connectivity index (χ3n) is 2.23. The molecule has 1 aromatic rings. The highest BCUT2D eigenvalue weighted by atomic mass is 19.3. The van der Waals surface area contributed by atoms with Gasteiger partial charge in [-0.05, 0) is 25.1 Å². The fourth-order valence-corrected chi connectivity index (χ4v) is 1.24. The van der Waals surface area contributed by atoms with Crippen LogP contribution in [0.25, 0.3) is 0 Å². The van der Waals surface area contributed by atoms with Crippen LogP contribution in [0.5, 0.6) is 5.75 Å². The Labute approximate surface area is 106 Å². The van der Waals surface area contributed by atoms with Crippen LogP contribution in [0, 0.1) is 11.3 Å². The van der Waals surface area contributed by atoms with E-state index in [4.69, 9.17) is 5.26 Å². The van der Waals surface area contributed by atoms with E-state index < -0.39 is 24.7 Å². The molecule has 0 bridgehead atoms. The highest BCUT2D eigenvalue weighted by molar-refractivity contribution is 5.97. The fourth-order valence-electron chi connectivity index (χ4n) is 1.24. The summed E-state index contributed by atoms with van der Waals surface area (Å²) >= 11 is 0. The molecular formula is C12H9F4NO2. The molecule has 7 heteroatoms. The molecule has 0 fully saturated rings. The number of benzene rings is 1. The van der Waals surface area contributed by atoms with Crippen molar-refractivity contribution in [3.63, 3.8) is 0 Å². The molecule has 0 heterocycles. The predicted molar refractivity (Wildman–Crippen MR) is 57.6 cm³/mol. The minimum Gasteiger partial charge on any atom is -0.486 e. The average molecular weight is 275 g/mol. The van der Waals surface area contributed by atoms with Crippen LogP contribution in [-0.2, 0) is 0 Å². The second-order valence-electron chi connectivity index (χ2n) is 3.73. The molecule has 0 saturated carbocycles. The summed E-state index contributed by atoms with van der Waals surface area (Å²) in [5.41, 5.74) is 0.0180. The minimum absolute atomic E-state index is 0.0518. The third-order valence-corrected chi connectivity index (χ3v) is 2.23. The molecule has 0 spiro atoms. The Morgan fingerprint density at radius 1 is 1.47 bits per heavy atom. The first kappa shape index (κ1) is 15.0. The van der Waals surface area contributed by atoms with E-state index in [2.05, 4.69) is 4.74 Å². The summed E-state index contributed by atoms with van der Waals surface area (Å²) in [4.78, 5) is 11.2. The van der Waals surface area contributed by atoms with Gasteiger partial charge in [0.05, 0.1) is 17.2 Å². The number of carbonyl (C=O) groups excluding carboxylic acids is 1. The molecule has 0 N–H and O–H groups in total. The van der Waals surface area contributed by atoms with Gasteiger partial charge < -0.3 is 4.74 Å². The van der Waals surface area contributed by atoms with Gasteiger partial charge in [-0.1, -0.05) is 0 Å². The Hall–Kier alpha value is -2.10. The van der Waals surface area contributed by atoms with Gasteiger partial charge in [0.25, 0.3) is 0 Å². The number of ether oxygens (including phenoxy) is 1. The molecule has 0 unspecified atom stereocenters. The molecule has 0 aliphatic carbocycles. The molecule has 0 radical (unpaired) electrons. The lowest BCUT2D eigenvalue weighted by Gasteiger charge is -2.17. The van der Waals surface area contributed by atoms with E-state index in [1.54, 1.807) is 6.07 Å². The second kappa shape index (κ2) is 5.69. The zero-order valence-corrected chi connectivity index (χ0v) is 9.79. The molecule has 102 valence electrons. The molecule has 0 aromatic heterocycles. The van der Waals surface area contributed by atoms with Crippen LogP contribution in [-0.4, -0.2) is 24.7 Å². The van der Waals surface area contributed by atoms with Crippen molar-refractivity contribution < 1.29 is 27.1 Å². The highest BCUT2D eigenvalue weighted by Crippen LogP contribution is 2.27. The summed E-state index contributed by atoms with van der Waals surface area (Å²) in [5.74, 6) is -5.12. The molecule has 1 aromatic carbocycles. The predicted octanol–water partition coefficient (Wildman–Crippen LogP) is 3.04. The number of nitrogens with zero attached hydrogens (tertiary/aromatic N) is 1. The number of hydrogen-bond acceptors (Lipinski definition) is 3. The van der Waals surface area contributed by atoms with E-state index >= 15 is 0 Å². The molecule has 0 aliphatic heterocycles. The first-order chi connectivity index (χ1) is 8.77. The largest absolute Gasteiger partial charge is 0.486 e. The van der Waals surface area contributed by atoms with Gasteiger partial charge in [-0.2, -0.15) is 14.0 Å². The number of halogens is 4. The number of Topliss-reactive ketones (excluding diaryl/α,β-unsaturated/α-hetero) is 1. The fraction of sp³-hybridized carbons (Fsp3) is 0.333. The van der Waals surface area contributed by atoms with Crippen LogP contribution >= 0.6 is 0 Å². The third kappa shape index (κ3) is 3.68. The molecular weight excluding hydrogens is 266 g/mol. The number of alkyl halides is 4. The number of hydrogen-bond donors (Lipinski definition) is 0. The molecule has 3 nitrogen and oxygen atoms in total. The molecule has 0 amide bonds. The van der Waals surface area contributed by atoms with Gasteiger partial charge >= 0.3 is 12.3 Å². The summed E-state index contributed by atoms with van der Waals surface area (Å²) in [6.07, 6.45) is -3.87. The maximum atomic E-state index is 12.7. The van der Waals surface area contributed by atoms with Gasteiger partial charge in [-0.15, -0.1) is 0 Å². The summed E-state index contributed by atoms with van der Waals surface area (Å²) in [6.45, 7) is -0.403. The van der Waals surface area contributed by atoms with E-state index in [9.17, 15) is 22.4 Å². The first-order valence-corrected chi connectivity index (χ1v) is 5.12. The lowest BCUT2D eigenvalue weighted by Crippen LogP contribution is -2.34. The van der Waals surface area contributed by atoms with Crippen LogP contribution in [0.3, 0.4) is 0 Å². The monoisotopic (exact) mass is 275 g/mol. The van der Waals surface area contributed by atoms with E-state index in [0.29, 0.717) is 0 Å². The van der Waals surface area contributed by atoms with Crippen molar-refractivity contribution >= 4 is 5.78 Å². The molecule has 1 rings (SSSR count). The van der Waals surface area contributed by atoms with Crippen molar-refractivity contribution in [2.75, 3.05) is 6.61 Å². The Balaban J connectivity index is 2.99. The Kier molecular flexibility index (Phi) is 4.48. The number of nitriles is 1. The second-order valence-corrected chi connectivity index (χ2v) is 3.73. The zero-order chi connectivity index (χ0) is 14.6. The summed E-state index contributed by atoms with van der Waals surface area (Å²) < 4.78 is 54.0. The van der Waals surface area contributed by atoms with E-state index in [0.717, 1.165) is 6.07 Å². The number of rotatable bonds is 5. The topological polar surface area (TPSA) is 50.1 Å². The van der Waals surface area contributed by atoms with Crippen molar-refractivity contribution in [1.29, 1.82) is 5.26 Å². The SMILES string of the molecule is CC(=O)c1ccc(C#N)cc1OCC(F)(F)C(F)F. The minimum atomic E-state index is -4.32. The smallest absolute Gasteiger partial charge is 0.340 e. The average Bonchev–Trinajstić information content (AvgIpc) is 2.35. The zero-order valence-electron chi connectivity index (χ0n) is 9.79. The lowest BCUT2D eigenvalue weighted by atomic mass is 10.1. The van der Waals surface area contributed by atoms with Gasteiger partial charge in [0, 0.05) is 0 Å². The van der Waals surface area contributed by atoms with Crippen LogP contribution in [0.15, 0.2) is 18.2 Å². The van der Waals surface area contributed by atoms with Crippen molar-refractivity contribution in [2.24, 2.45) is 0 Å². The molecule has 0 saturated heterocycles. The van der Waals surface area contributed by atoms with Gasteiger partial charge in [0.1, 0.15) is 5.75 Å². The van der Waals surface area contributed by atoms with Crippen LogP contribution in [0.1, 0.15) is 22.8 Å². The van der Waals surface area contributed by atoms with Crippen LogP contribution in [0.2, 0.25) is 0 Å². The van der Waals surface area contributed by atoms with Crippen molar-refractivity contribution in [2.45, 2.75) is 19.3 Å².